The third kappa shape index (κ3) is 4.04. The monoisotopic (exact) mass is 364 g/mol. The molecule has 6 nitrogen and oxygen atoms in total. The maximum atomic E-state index is 12.4. The quantitative estimate of drug-likeness (QED) is 0.841. The molecule has 7 heteroatoms. The number of sulfonamides is 1. The minimum Gasteiger partial charge on any atom is -0.375 e. The summed E-state index contributed by atoms with van der Waals surface area (Å²) in [4.78, 5) is 12.2. The highest BCUT2D eigenvalue weighted by molar-refractivity contribution is 7.94. The van der Waals surface area contributed by atoms with Crippen LogP contribution >= 0.6 is 0 Å². The van der Waals surface area contributed by atoms with Crippen molar-refractivity contribution < 1.29 is 17.9 Å². The van der Waals surface area contributed by atoms with Gasteiger partial charge in [-0.25, -0.2) is 17.9 Å². The Morgan fingerprint density at radius 2 is 1.92 bits per heavy atom. The van der Waals surface area contributed by atoms with Crippen LogP contribution in [0.1, 0.15) is 38.7 Å². The molecule has 0 saturated carbocycles. The molecule has 3 atom stereocenters. The Hall–Kier alpha value is -1.86. The number of allylic oxidation sites excluding steroid dienone is 2. The lowest BCUT2D eigenvalue weighted by Gasteiger charge is -2.19. The van der Waals surface area contributed by atoms with Gasteiger partial charge in [0.2, 0.25) is 0 Å². The van der Waals surface area contributed by atoms with Crippen molar-refractivity contribution in [2.45, 2.75) is 45.3 Å². The highest BCUT2D eigenvalue weighted by atomic mass is 32.2. The molecule has 1 aromatic rings. The van der Waals surface area contributed by atoms with Crippen LogP contribution in [0.2, 0.25) is 0 Å². The van der Waals surface area contributed by atoms with Crippen LogP contribution in [0.15, 0.2) is 35.2 Å². The Balaban J connectivity index is 1.59. The van der Waals surface area contributed by atoms with Crippen LogP contribution in [0.5, 0.6) is 0 Å². The number of hydrogen-bond donors (Lipinski definition) is 2. The van der Waals surface area contributed by atoms with Crippen molar-refractivity contribution in [3.8, 4) is 0 Å². The average molecular weight is 364 g/mol. The van der Waals surface area contributed by atoms with Crippen molar-refractivity contribution in [2.75, 3.05) is 6.54 Å². The van der Waals surface area contributed by atoms with Crippen molar-refractivity contribution in [2.24, 2.45) is 5.92 Å². The summed E-state index contributed by atoms with van der Waals surface area (Å²) < 4.78 is 32.7. The molecule has 2 aliphatic heterocycles. The zero-order chi connectivity index (χ0) is 18.0. The number of hydrogen-bond acceptors (Lipinski definition) is 4. The van der Waals surface area contributed by atoms with Crippen LogP contribution in [0.4, 0.5) is 4.79 Å². The molecule has 2 amide bonds. The molecule has 2 fully saturated rings. The molecule has 2 bridgehead atoms. The second-order valence-electron chi connectivity index (χ2n) is 6.73. The van der Waals surface area contributed by atoms with Crippen LogP contribution in [0.3, 0.4) is 0 Å². The first kappa shape index (κ1) is 17.9. The first-order chi connectivity index (χ1) is 11.9. The summed E-state index contributed by atoms with van der Waals surface area (Å²) in [5, 5.41) is 2.67. The molecule has 2 aliphatic rings. The highest BCUT2D eigenvalue weighted by Gasteiger charge is 2.40. The summed E-state index contributed by atoms with van der Waals surface area (Å²) in [6, 6.07) is 8.54. The van der Waals surface area contributed by atoms with E-state index in [-0.39, 0.29) is 16.9 Å². The van der Waals surface area contributed by atoms with Crippen molar-refractivity contribution in [3.63, 3.8) is 0 Å². The van der Waals surface area contributed by atoms with Gasteiger partial charge in [0.15, 0.2) is 0 Å². The van der Waals surface area contributed by atoms with Gasteiger partial charge in [-0.05, 0) is 44.2 Å². The first-order valence-corrected chi connectivity index (χ1v) is 10.0. The third-order valence-electron chi connectivity index (χ3n) is 5.12. The fraction of sp³-hybridized carbons (Fsp3) is 0.500. The standard InChI is InChI=1S/C18H24N2O4S/c1-12(14-6-4-3-5-7-14)13(2)25(22,23)20-18(21)19-11-15-10-16-8-9-17(15)24-16/h3-7,15-17H,8-11H2,1-2H3,(H2,19,20,21)/b13-12+. The molecule has 0 aliphatic carbocycles. The molecule has 2 N–H and O–H groups in total. The van der Waals surface area contributed by atoms with Crippen LogP contribution < -0.4 is 10.0 Å². The van der Waals surface area contributed by atoms with Crippen LogP contribution in [0, 0.1) is 5.92 Å². The predicted octanol–water partition coefficient (Wildman–Crippen LogP) is 2.63. The normalized spacial score (nSPS) is 26.2. The van der Waals surface area contributed by atoms with E-state index in [1.54, 1.807) is 6.92 Å². The number of fused-ring (bicyclic) bond motifs is 2. The lowest BCUT2D eigenvalue weighted by atomic mass is 9.89. The second-order valence-corrected chi connectivity index (χ2v) is 8.56. The maximum Gasteiger partial charge on any atom is 0.328 e. The van der Waals surface area contributed by atoms with Gasteiger partial charge >= 0.3 is 6.03 Å². The molecule has 25 heavy (non-hydrogen) atoms. The molecule has 2 heterocycles. The van der Waals surface area contributed by atoms with Crippen LogP contribution in [-0.4, -0.2) is 33.2 Å². The number of urea groups is 1. The number of rotatable bonds is 5. The number of benzene rings is 1. The number of nitrogens with one attached hydrogen (secondary N) is 2. The summed E-state index contributed by atoms with van der Waals surface area (Å²) in [7, 11) is -3.88. The van der Waals surface area contributed by atoms with E-state index in [2.05, 4.69) is 10.0 Å². The summed E-state index contributed by atoms with van der Waals surface area (Å²) in [5.74, 6) is 0.273. The smallest absolute Gasteiger partial charge is 0.328 e. The van der Waals surface area contributed by atoms with Crippen molar-refractivity contribution in [1.29, 1.82) is 0 Å². The molecule has 3 rings (SSSR count). The van der Waals surface area contributed by atoms with E-state index in [1.165, 1.54) is 6.92 Å². The molecular weight excluding hydrogens is 340 g/mol. The van der Waals surface area contributed by atoms with E-state index in [0.29, 0.717) is 18.2 Å². The van der Waals surface area contributed by atoms with Gasteiger partial charge in [0.05, 0.1) is 17.1 Å². The lowest BCUT2D eigenvalue weighted by molar-refractivity contribution is 0.0928. The van der Waals surface area contributed by atoms with E-state index in [4.69, 9.17) is 4.74 Å². The molecule has 0 aromatic heterocycles. The zero-order valence-corrected chi connectivity index (χ0v) is 15.3. The van der Waals surface area contributed by atoms with Gasteiger partial charge in [0.1, 0.15) is 0 Å². The summed E-state index contributed by atoms with van der Waals surface area (Å²) >= 11 is 0. The molecule has 0 radical (unpaired) electrons. The Kier molecular flexibility index (Phi) is 5.15. The minimum absolute atomic E-state index is 0.136. The second kappa shape index (κ2) is 7.17. The molecular formula is C18H24N2O4S. The molecule has 0 spiro atoms. The number of carbonyl (C=O) groups excluding carboxylic acids is 1. The van der Waals surface area contributed by atoms with E-state index in [1.807, 2.05) is 30.3 Å². The third-order valence-corrected chi connectivity index (χ3v) is 6.69. The van der Waals surface area contributed by atoms with E-state index >= 15 is 0 Å². The SMILES string of the molecule is C/C(=C(/C)S(=O)(=O)NC(=O)NCC1CC2CCC1O2)c1ccccc1. The number of amides is 2. The summed E-state index contributed by atoms with van der Waals surface area (Å²) in [6.45, 7) is 3.67. The van der Waals surface area contributed by atoms with E-state index < -0.39 is 16.1 Å². The topological polar surface area (TPSA) is 84.5 Å². The van der Waals surface area contributed by atoms with Gasteiger partial charge in [-0.3, -0.25) is 0 Å². The van der Waals surface area contributed by atoms with Crippen molar-refractivity contribution in [1.82, 2.24) is 10.0 Å². The van der Waals surface area contributed by atoms with Gasteiger partial charge in [0.25, 0.3) is 10.0 Å². The van der Waals surface area contributed by atoms with Gasteiger partial charge in [-0.1, -0.05) is 30.3 Å². The molecule has 1 aromatic carbocycles. The Morgan fingerprint density at radius 3 is 2.52 bits per heavy atom. The minimum atomic E-state index is -3.88. The van der Waals surface area contributed by atoms with Crippen molar-refractivity contribution in [3.05, 3.63) is 40.8 Å². The van der Waals surface area contributed by atoms with Crippen LogP contribution in [-0.2, 0) is 14.8 Å². The largest absolute Gasteiger partial charge is 0.375 e. The maximum absolute atomic E-state index is 12.4. The molecule has 136 valence electrons. The predicted molar refractivity (Wildman–Crippen MR) is 96.2 cm³/mol. The Bertz CT molecular complexity index is 774. The van der Waals surface area contributed by atoms with Gasteiger partial charge < -0.3 is 10.1 Å². The van der Waals surface area contributed by atoms with Gasteiger partial charge in [0, 0.05) is 12.5 Å². The Labute approximate surface area is 148 Å². The first-order valence-electron chi connectivity index (χ1n) is 8.56. The van der Waals surface area contributed by atoms with Crippen molar-refractivity contribution >= 4 is 21.6 Å². The summed E-state index contributed by atoms with van der Waals surface area (Å²) in [5.41, 5.74) is 1.42. The zero-order valence-electron chi connectivity index (χ0n) is 14.5. The lowest BCUT2D eigenvalue weighted by Crippen LogP contribution is -2.42. The van der Waals surface area contributed by atoms with Gasteiger partial charge in [-0.15, -0.1) is 0 Å². The fourth-order valence-corrected chi connectivity index (χ4v) is 4.50. The highest BCUT2D eigenvalue weighted by Crippen LogP contribution is 2.38. The Morgan fingerprint density at radius 1 is 1.20 bits per heavy atom. The average Bonchev–Trinajstić information content (AvgIpc) is 3.22. The molecule has 3 unspecified atom stereocenters. The molecule has 2 saturated heterocycles. The number of ether oxygens (including phenoxy) is 1. The fourth-order valence-electron chi connectivity index (χ4n) is 3.51. The van der Waals surface area contributed by atoms with Crippen LogP contribution in [0.25, 0.3) is 5.57 Å². The number of carbonyl (C=O) groups is 1. The van der Waals surface area contributed by atoms with E-state index in [0.717, 1.165) is 24.8 Å². The van der Waals surface area contributed by atoms with E-state index in [9.17, 15) is 13.2 Å². The summed E-state index contributed by atoms with van der Waals surface area (Å²) in [6.07, 6.45) is 3.55. The van der Waals surface area contributed by atoms with Gasteiger partial charge in [-0.2, -0.15) is 0 Å².